The van der Waals surface area contributed by atoms with Gasteiger partial charge in [0.1, 0.15) is 17.3 Å². The number of methoxy groups -OCH3 is 2. The zero-order valence-corrected chi connectivity index (χ0v) is 20.3. The Hall–Kier alpha value is -3.09. The topological polar surface area (TPSA) is 121 Å². The van der Waals surface area contributed by atoms with Crippen LogP contribution in [0.3, 0.4) is 0 Å². The van der Waals surface area contributed by atoms with Gasteiger partial charge in [-0.25, -0.2) is 0 Å². The van der Waals surface area contributed by atoms with Crippen LogP contribution in [0.1, 0.15) is 11.4 Å². The normalized spacial score (nSPS) is 10.7. The van der Waals surface area contributed by atoms with Crippen molar-refractivity contribution in [2.45, 2.75) is 20.2 Å². The number of thioether (sulfide) groups is 2. The number of nitrogens with zero attached hydrogens (tertiary/aromatic N) is 5. The van der Waals surface area contributed by atoms with Gasteiger partial charge in [0.05, 0.1) is 25.7 Å². The number of hydrogen-bond acceptors (Lipinski definition) is 12. The highest BCUT2D eigenvalue weighted by atomic mass is 32.2. The Bertz CT molecular complexity index is 1200. The smallest absolute Gasteiger partial charge is 0.232 e. The van der Waals surface area contributed by atoms with Gasteiger partial charge >= 0.3 is 0 Å². The summed E-state index contributed by atoms with van der Waals surface area (Å²) in [5, 5.41) is 11.7. The minimum Gasteiger partial charge on any atom is -0.497 e. The van der Waals surface area contributed by atoms with Crippen molar-refractivity contribution in [3.63, 3.8) is 0 Å². The standard InChI is InChI=1S/C21H21N7O2S3/c1-29-14-9-7-13(8-10-14)11-31-20-27-28-21(33-20)32-12-17-24-18(22)26-19(25-17)23-15-5-3-4-6-16(15)30-2/h3-10H,11-12H2,1-2H3,(H3,22,23,24,25,26). The summed E-state index contributed by atoms with van der Waals surface area (Å²) in [6.07, 6.45) is 0. The maximum Gasteiger partial charge on any atom is 0.232 e. The third kappa shape index (κ3) is 6.46. The lowest BCUT2D eigenvalue weighted by Gasteiger charge is -2.10. The number of rotatable bonds is 10. The van der Waals surface area contributed by atoms with Crippen LogP contribution in [0, 0.1) is 0 Å². The van der Waals surface area contributed by atoms with Gasteiger partial charge in [0.15, 0.2) is 8.68 Å². The Morgan fingerprint density at radius 2 is 1.61 bits per heavy atom. The van der Waals surface area contributed by atoms with E-state index >= 15 is 0 Å². The van der Waals surface area contributed by atoms with Gasteiger partial charge in [-0.15, -0.1) is 10.2 Å². The van der Waals surface area contributed by atoms with Crippen molar-refractivity contribution in [2.75, 3.05) is 25.3 Å². The van der Waals surface area contributed by atoms with Gasteiger partial charge in [-0.3, -0.25) is 0 Å². The number of para-hydroxylation sites is 2. The molecule has 33 heavy (non-hydrogen) atoms. The maximum atomic E-state index is 5.89. The molecular formula is C21H21N7O2S3. The molecule has 0 bridgehead atoms. The van der Waals surface area contributed by atoms with E-state index in [1.165, 1.54) is 28.7 Å². The molecule has 0 radical (unpaired) electrons. The zero-order chi connectivity index (χ0) is 23.0. The van der Waals surface area contributed by atoms with E-state index in [4.69, 9.17) is 15.2 Å². The maximum absolute atomic E-state index is 5.89. The average Bonchev–Trinajstić information content (AvgIpc) is 3.30. The highest BCUT2D eigenvalue weighted by molar-refractivity contribution is 8.02. The predicted molar refractivity (Wildman–Crippen MR) is 133 cm³/mol. The molecule has 2 aromatic carbocycles. The van der Waals surface area contributed by atoms with Gasteiger partial charge in [0.25, 0.3) is 0 Å². The molecule has 170 valence electrons. The number of anilines is 3. The molecule has 0 amide bonds. The second-order valence-electron chi connectivity index (χ2n) is 6.52. The fourth-order valence-electron chi connectivity index (χ4n) is 2.73. The first-order chi connectivity index (χ1) is 16.1. The Morgan fingerprint density at radius 3 is 2.33 bits per heavy atom. The number of nitrogens with two attached hydrogens (primary N) is 1. The molecule has 4 rings (SSSR count). The first-order valence-corrected chi connectivity index (χ1v) is 12.5. The third-order valence-electron chi connectivity index (χ3n) is 4.29. The van der Waals surface area contributed by atoms with Crippen molar-refractivity contribution in [2.24, 2.45) is 0 Å². The fourth-order valence-corrected chi connectivity index (χ4v) is 5.56. The minimum absolute atomic E-state index is 0.144. The molecule has 3 N–H and O–H groups in total. The summed E-state index contributed by atoms with van der Waals surface area (Å²) in [6, 6.07) is 15.5. The molecule has 4 aromatic rings. The van der Waals surface area contributed by atoms with Crippen LogP contribution in [0.5, 0.6) is 11.5 Å². The molecule has 12 heteroatoms. The number of ether oxygens (including phenoxy) is 2. The van der Waals surface area contributed by atoms with E-state index in [0.29, 0.717) is 23.3 Å². The largest absolute Gasteiger partial charge is 0.497 e. The van der Waals surface area contributed by atoms with E-state index in [2.05, 4.69) is 30.5 Å². The number of benzene rings is 2. The monoisotopic (exact) mass is 499 g/mol. The van der Waals surface area contributed by atoms with Crippen LogP contribution >= 0.6 is 34.9 Å². The van der Waals surface area contributed by atoms with Crippen molar-refractivity contribution in [1.82, 2.24) is 25.1 Å². The Balaban J connectivity index is 1.34. The molecule has 0 aliphatic carbocycles. The van der Waals surface area contributed by atoms with Gasteiger partial charge < -0.3 is 20.5 Å². The van der Waals surface area contributed by atoms with Gasteiger partial charge in [0.2, 0.25) is 11.9 Å². The molecule has 0 aliphatic rings. The lowest BCUT2D eigenvalue weighted by molar-refractivity contribution is 0.414. The molecule has 0 aliphatic heterocycles. The summed E-state index contributed by atoms with van der Waals surface area (Å²) in [7, 11) is 3.27. The Morgan fingerprint density at radius 1 is 0.879 bits per heavy atom. The van der Waals surface area contributed by atoms with Crippen LogP contribution < -0.4 is 20.5 Å². The van der Waals surface area contributed by atoms with Crippen molar-refractivity contribution >= 4 is 52.4 Å². The highest BCUT2D eigenvalue weighted by Crippen LogP contribution is 2.32. The summed E-state index contributed by atoms with van der Waals surface area (Å²) in [5.74, 6) is 3.88. The molecule has 0 atom stereocenters. The number of aromatic nitrogens is 5. The van der Waals surface area contributed by atoms with E-state index < -0.39 is 0 Å². The van der Waals surface area contributed by atoms with Gasteiger partial charge in [-0.2, -0.15) is 15.0 Å². The highest BCUT2D eigenvalue weighted by Gasteiger charge is 2.11. The van der Waals surface area contributed by atoms with E-state index in [9.17, 15) is 0 Å². The molecule has 2 aromatic heterocycles. The van der Waals surface area contributed by atoms with Crippen molar-refractivity contribution < 1.29 is 9.47 Å². The average molecular weight is 500 g/mol. The van der Waals surface area contributed by atoms with Gasteiger partial charge in [-0.05, 0) is 29.8 Å². The summed E-state index contributed by atoms with van der Waals surface area (Å²) in [4.78, 5) is 12.9. The number of nitrogen functional groups attached to an aromatic ring is 1. The molecule has 9 nitrogen and oxygen atoms in total. The molecule has 2 heterocycles. The van der Waals surface area contributed by atoms with Crippen LogP contribution in [-0.2, 0) is 11.5 Å². The lowest BCUT2D eigenvalue weighted by atomic mass is 10.2. The molecule has 0 saturated carbocycles. The Kier molecular flexibility index (Phi) is 7.81. The number of hydrogen-bond donors (Lipinski definition) is 2. The van der Waals surface area contributed by atoms with E-state index in [1.54, 1.807) is 26.0 Å². The molecule has 0 unspecified atom stereocenters. The summed E-state index contributed by atoms with van der Waals surface area (Å²) in [6.45, 7) is 0. The van der Waals surface area contributed by atoms with Crippen LogP contribution in [-0.4, -0.2) is 39.4 Å². The third-order valence-corrected chi connectivity index (χ3v) is 7.54. The first-order valence-electron chi connectivity index (χ1n) is 9.75. The summed E-state index contributed by atoms with van der Waals surface area (Å²) < 4.78 is 12.3. The van der Waals surface area contributed by atoms with Crippen LogP contribution in [0.2, 0.25) is 0 Å². The minimum atomic E-state index is 0.144. The van der Waals surface area contributed by atoms with E-state index in [-0.39, 0.29) is 5.95 Å². The molecule has 0 spiro atoms. The second kappa shape index (κ2) is 11.2. The molecular weight excluding hydrogens is 478 g/mol. The summed E-state index contributed by atoms with van der Waals surface area (Å²) >= 11 is 4.69. The second-order valence-corrected chi connectivity index (χ2v) is 9.94. The van der Waals surface area contributed by atoms with Crippen molar-refractivity contribution in [3.05, 3.63) is 59.9 Å². The van der Waals surface area contributed by atoms with Crippen LogP contribution in [0.4, 0.5) is 17.6 Å². The first kappa shape index (κ1) is 23.1. The van der Waals surface area contributed by atoms with E-state index in [0.717, 1.165) is 25.9 Å². The van der Waals surface area contributed by atoms with Crippen molar-refractivity contribution in [1.29, 1.82) is 0 Å². The van der Waals surface area contributed by atoms with E-state index in [1.807, 2.05) is 48.5 Å². The number of nitrogens with one attached hydrogen (secondary N) is 1. The predicted octanol–water partition coefficient (Wildman–Crippen LogP) is 4.65. The quantitative estimate of drug-likeness (QED) is 0.297. The molecule has 0 saturated heterocycles. The van der Waals surface area contributed by atoms with Gasteiger partial charge in [0, 0.05) is 5.75 Å². The Labute approximate surface area is 203 Å². The fraction of sp³-hybridized carbons (Fsp3) is 0.190. The summed E-state index contributed by atoms with van der Waals surface area (Å²) in [5.41, 5.74) is 7.83. The van der Waals surface area contributed by atoms with Crippen LogP contribution in [0.25, 0.3) is 0 Å². The zero-order valence-electron chi connectivity index (χ0n) is 17.9. The van der Waals surface area contributed by atoms with Crippen molar-refractivity contribution in [3.8, 4) is 11.5 Å². The SMILES string of the molecule is COc1ccc(CSc2nnc(SCc3nc(N)nc(Nc4ccccc4OC)n3)s2)cc1. The van der Waals surface area contributed by atoms with Crippen LogP contribution in [0.15, 0.2) is 57.2 Å². The molecule has 0 fully saturated rings. The van der Waals surface area contributed by atoms with Gasteiger partial charge in [-0.1, -0.05) is 59.1 Å². The lowest BCUT2D eigenvalue weighted by Crippen LogP contribution is -2.07.